The van der Waals surface area contributed by atoms with E-state index in [1.807, 2.05) is 0 Å². The smallest absolute Gasteiger partial charge is 0.150 e. The van der Waals surface area contributed by atoms with Crippen LogP contribution in [0.4, 0.5) is 0 Å². The van der Waals surface area contributed by atoms with Crippen molar-refractivity contribution in [2.75, 3.05) is 6.54 Å². The number of ether oxygens (including phenoxy) is 1. The Kier molecular flexibility index (Phi) is 6.67. The van der Waals surface area contributed by atoms with E-state index >= 15 is 0 Å². The van der Waals surface area contributed by atoms with Crippen LogP contribution in [0.1, 0.15) is 42.9 Å². The SMILES string of the molecule is CCC(=C(c1ccc(I)cc1)c1ccc(OC2CCCN2)cc1)c1ccccc1. The Morgan fingerprint density at radius 1 is 0.897 bits per heavy atom. The van der Waals surface area contributed by atoms with E-state index in [4.69, 9.17) is 4.74 Å². The van der Waals surface area contributed by atoms with Crippen LogP contribution in [-0.2, 0) is 0 Å². The van der Waals surface area contributed by atoms with E-state index in [9.17, 15) is 0 Å². The lowest BCUT2D eigenvalue weighted by Crippen LogP contribution is -2.27. The number of hydrogen-bond acceptors (Lipinski definition) is 2. The Labute approximate surface area is 187 Å². The zero-order valence-corrected chi connectivity index (χ0v) is 18.9. The molecule has 1 aliphatic heterocycles. The normalized spacial score (nSPS) is 17.1. The van der Waals surface area contributed by atoms with Gasteiger partial charge < -0.3 is 4.74 Å². The number of hydrogen-bond donors (Lipinski definition) is 1. The molecular formula is C26H26INO. The van der Waals surface area contributed by atoms with Crippen LogP contribution in [0.3, 0.4) is 0 Å². The van der Waals surface area contributed by atoms with Crippen LogP contribution in [0.5, 0.6) is 5.75 Å². The molecule has 0 bridgehead atoms. The molecule has 0 aliphatic carbocycles. The molecule has 2 nitrogen and oxygen atoms in total. The van der Waals surface area contributed by atoms with Gasteiger partial charge in [0.15, 0.2) is 0 Å². The molecular weight excluding hydrogens is 469 g/mol. The lowest BCUT2D eigenvalue weighted by Gasteiger charge is -2.18. The predicted molar refractivity (Wildman–Crippen MR) is 130 cm³/mol. The first kappa shape index (κ1) is 20.2. The topological polar surface area (TPSA) is 21.3 Å². The van der Waals surface area contributed by atoms with Gasteiger partial charge in [0.05, 0.1) is 0 Å². The van der Waals surface area contributed by atoms with E-state index in [1.54, 1.807) is 0 Å². The van der Waals surface area contributed by atoms with Crippen LogP contribution in [-0.4, -0.2) is 12.8 Å². The molecule has 1 heterocycles. The van der Waals surface area contributed by atoms with Gasteiger partial charge in [0.1, 0.15) is 12.0 Å². The van der Waals surface area contributed by atoms with E-state index in [1.165, 1.54) is 37.8 Å². The van der Waals surface area contributed by atoms with Crippen molar-refractivity contribution < 1.29 is 4.74 Å². The highest BCUT2D eigenvalue weighted by molar-refractivity contribution is 14.1. The molecule has 3 aromatic rings. The van der Waals surface area contributed by atoms with Crippen LogP contribution in [0.25, 0.3) is 11.1 Å². The zero-order chi connectivity index (χ0) is 20.1. The van der Waals surface area contributed by atoms with Crippen molar-refractivity contribution in [3.8, 4) is 5.75 Å². The van der Waals surface area contributed by atoms with Crippen molar-refractivity contribution in [1.82, 2.24) is 5.32 Å². The molecule has 1 saturated heterocycles. The molecule has 0 radical (unpaired) electrons. The first-order valence-electron chi connectivity index (χ1n) is 10.3. The summed E-state index contributed by atoms with van der Waals surface area (Å²) in [6, 6.07) is 28.1. The van der Waals surface area contributed by atoms with Crippen LogP contribution < -0.4 is 10.1 Å². The van der Waals surface area contributed by atoms with Crippen LogP contribution in [0, 0.1) is 3.57 Å². The van der Waals surface area contributed by atoms with Crippen LogP contribution in [0.2, 0.25) is 0 Å². The maximum Gasteiger partial charge on any atom is 0.150 e. The van der Waals surface area contributed by atoms with Gasteiger partial charge in [0.25, 0.3) is 0 Å². The summed E-state index contributed by atoms with van der Waals surface area (Å²) in [6.07, 6.45) is 3.36. The largest absolute Gasteiger partial charge is 0.475 e. The van der Waals surface area contributed by atoms with Crippen LogP contribution in [0.15, 0.2) is 78.9 Å². The number of benzene rings is 3. The predicted octanol–water partition coefficient (Wildman–Crippen LogP) is 6.75. The summed E-state index contributed by atoms with van der Waals surface area (Å²) in [7, 11) is 0. The molecule has 3 aromatic carbocycles. The summed E-state index contributed by atoms with van der Waals surface area (Å²) in [5, 5.41) is 3.39. The highest BCUT2D eigenvalue weighted by Gasteiger charge is 2.16. The summed E-state index contributed by atoms with van der Waals surface area (Å²) in [5.41, 5.74) is 6.40. The van der Waals surface area contributed by atoms with Crippen molar-refractivity contribution in [1.29, 1.82) is 0 Å². The van der Waals surface area contributed by atoms with Gasteiger partial charge in [-0.05, 0) is 101 Å². The van der Waals surface area contributed by atoms with E-state index in [0.29, 0.717) is 0 Å². The standard InChI is InChI=1S/C26H26INO/c1-2-24(19-7-4-3-5-8-19)26(20-10-14-22(27)15-11-20)21-12-16-23(17-13-21)29-25-9-6-18-28-25/h3-5,7-8,10-17,25,28H,2,6,9,18H2,1H3. The van der Waals surface area contributed by atoms with E-state index < -0.39 is 0 Å². The highest BCUT2D eigenvalue weighted by atomic mass is 127. The van der Waals surface area contributed by atoms with Gasteiger partial charge in [-0.25, -0.2) is 0 Å². The summed E-state index contributed by atoms with van der Waals surface area (Å²) in [6.45, 7) is 3.28. The summed E-state index contributed by atoms with van der Waals surface area (Å²) < 4.78 is 7.32. The molecule has 0 aromatic heterocycles. The number of halogens is 1. The Bertz CT molecular complexity index is 956. The number of nitrogens with one attached hydrogen (secondary N) is 1. The maximum atomic E-state index is 6.07. The second-order valence-corrected chi connectivity index (χ2v) is 8.55. The minimum absolute atomic E-state index is 0.141. The fraction of sp³-hybridized carbons (Fsp3) is 0.231. The molecule has 4 rings (SSSR count). The fourth-order valence-corrected chi connectivity index (χ4v) is 4.27. The van der Waals surface area contributed by atoms with Crippen molar-refractivity contribution >= 4 is 33.7 Å². The van der Waals surface area contributed by atoms with E-state index in [0.717, 1.165) is 25.1 Å². The number of allylic oxidation sites excluding steroid dienone is 1. The third kappa shape index (κ3) is 4.90. The fourth-order valence-electron chi connectivity index (χ4n) is 3.91. The first-order valence-corrected chi connectivity index (χ1v) is 11.4. The zero-order valence-electron chi connectivity index (χ0n) is 16.7. The van der Waals surface area contributed by atoms with Gasteiger partial charge >= 0.3 is 0 Å². The molecule has 1 atom stereocenters. The monoisotopic (exact) mass is 495 g/mol. The summed E-state index contributed by atoms with van der Waals surface area (Å²) >= 11 is 2.36. The van der Waals surface area contributed by atoms with Gasteiger partial charge in [0.2, 0.25) is 0 Å². The third-order valence-electron chi connectivity index (χ3n) is 5.35. The van der Waals surface area contributed by atoms with Gasteiger partial charge in [0, 0.05) is 3.57 Å². The molecule has 1 N–H and O–H groups in total. The number of rotatable bonds is 6. The Balaban J connectivity index is 1.76. The lowest BCUT2D eigenvalue weighted by molar-refractivity contribution is 0.187. The van der Waals surface area contributed by atoms with Crippen molar-refractivity contribution in [3.63, 3.8) is 0 Å². The van der Waals surface area contributed by atoms with Gasteiger partial charge in [-0.15, -0.1) is 0 Å². The average molecular weight is 495 g/mol. The molecule has 0 saturated carbocycles. The molecule has 3 heteroatoms. The van der Waals surface area contributed by atoms with Crippen LogP contribution >= 0.6 is 22.6 Å². The highest BCUT2D eigenvalue weighted by Crippen LogP contribution is 2.35. The Hall–Kier alpha value is -2.11. The molecule has 0 spiro atoms. The Morgan fingerprint density at radius 2 is 1.55 bits per heavy atom. The third-order valence-corrected chi connectivity index (χ3v) is 6.07. The average Bonchev–Trinajstić information content (AvgIpc) is 3.27. The van der Waals surface area contributed by atoms with Crippen molar-refractivity contribution in [2.24, 2.45) is 0 Å². The molecule has 29 heavy (non-hydrogen) atoms. The lowest BCUT2D eigenvalue weighted by atomic mass is 9.88. The maximum absolute atomic E-state index is 6.07. The second-order valence-electron chi connectivity index (χ2n) is 7.31. The van der Waals surface area contributed by atoms with Gasteiger partial charge in [-0.2, -0.15) is 0 Å². The van der Waals surface area contributed by atoms with Gasteiger partial charge in [-0.1, -0.05) is 61.5 Å². The Morgan fingerprint density at radius 3 is 2.14 bits per heavy atom. The minimum Gasteiger partial charge on any atom is -0.475 e. The van der Waals surface area contributed by atoms with E-state index in [2.05, 4.69) is 114 Å². The second kappa shape index (κ2) is 9.59. The molecule has 148 valence electrons. The summed E-state index contributed by atoms with van der Waals surface area (Å²) in [5.74, 6) is 0.924. The quantitative estimate of drug-likeness (QED) is 0.302. The summed E-state index contributed by atoms with van der Waals surface area (Å²) in [4.78, 5) is 0. The van der Waals surface area contributed by atoms with Crippen molar-refractivity contribution in [2.45, 2.75) is 32.4 Å². The first-order chi connectivity index (χ1) is 14.2. The van der Waals surface area contributed by atoms with Crippen molar-refractivity contribution in [3.05, 3.63) is 99.1 Å². The minimum atomic E-state index is 0.141. The van der Waals surface area contributed by atoms with Gasteiger partial charge in [-0.3, -0.25) is 5.32 Å². The molecule has 1 fully saturated rings. The molecule has 1 unspecified atom stereocenters. The van der Waals surface area contributed by atoms with E-state index in [-0.39, 0.29) is 6.23 Å². The molecule has 0 amide bonds. The molecule has 1 aliphatic rings.